The van der Waals surface area contributed by atoms with E-state index in [1.807, 2.05) is 20.8 Å². The van der Waals surface area contributed by atoms with Gasteiger partial charge in [0.1, 0.15) is 6.10 Å². The van der Waals surface area contributed by atoms with Crippen molar-refractivity contribution < 1.29 is 29.0 Å². The molecule has 0 aromatic rings. The molecule has 6 nitrogen and oxygen atoms in total. The Bertz CT molecular complexity index is 823. The van der Waals surface area contributed by atoms with Gasteiger partial charge in [-0.15, -0.1) is 0 Å². The van der Waals surface area contributed by atoms with Gasteiger partial charge in [-0.25, -0.2) is 0 Å². The predicted molar refractivity (Wildman–Crippen MR) is 95.4 cm³/mol. The van der Waals surface area contributed by atoms with Crippen molar-refractivity contribution in [3.8, 4) is 0 Å². The van der Waals surface area contributed by atoms with Crippen LogP contribution in [0.5, 0.6) is 0 Å². The molecule has 7 atom stereocenters. The van der Waals surface area contributed by atoms with Crippen molar-refractivity contribution in [2.45, 2.75) is 46.6 Å². The molecule has 1 saturated heterocycles. The van der Waals surface area contributed by atoms with E-state index in [1.54, 1.807) is 13.0 Å². The van der Waals surface area contributed by atoms with Crippen molar-refractivity contribution in [2.24, 2.45) is 34.5 Å². The molecule has 3 aliphatic carbocycles. The smallest absolute Gasteiger partial charge is 0.306 e. The standard InChI is InChI=1S/C21H26O6/c1-9-6-13(26-5)19(25)21(4)11(9)7-14-20(3)12(8-15(22)27-14)10(2)16(23)17(24)18(20)21/h6,9,11-12,14,18,23H,7-8H2,1-5H3/t9-,11+,12+,14-,18+,20-,21+/m1/s1. The molecule has 0 aromatic heterocycles. The largest absolute Gasteiger partial charge is 0.504 e. The Morgan fingerprint density at radius 3 is 2.56 bits per heavy atom. The minimum atomic E-state index is -1.02. The SMILES string of the molecule is COC1=C[C@@H](C)[C@@H]2C[C@H]3OC(=O)C[C@H]4C(C)=C(O)C(=O)[C@H]([C@@]2(C)C1=O)[C@@]34C. The zero-order chi connectivity index (χ0) is 19.9. The second-order valence-electron chi connectivity index (χ2n) is 8.98. The van der Waals surface area contributed by atoms with Crippen molar-refractivity contribution >= 4 is 17.5 Å². The minimum absolute atomic E-state index is 0.0202. The summed E-state index contributed by atoms with van der Waals surface area (Å²) in [6, 6.07) is 0. The van der Waals surface area contributed by atoms with Crippen LogP contribution < -0.4 is 0 Å². The molecule has 6 heteroatoms. The summed E-state index contributed by atoms with van der Waals surface area (Å²) < 4.78 is 11.1. The number of allylic oxidation sites excluding steroid dienone is 4. The Kier molecular flexibility index (Phi) is 3.69. The molecule has 4 aliphatic rings. The Hall–Kier alpha value is -2.11. The number of methoxy groups -OCH3 is 1. The maximum Gasteiger partial charge on any atom is 0.306 e. The summed E-state index contributed by atoms with van der Waals surface area (Å²) in [4.78, 5) is 39.0. The first-order chi connectivity index (χ1) is 12.6. The fourth-order valence-electron chi connectivity index (χ4n) is 6.56. The summed E-state index contributed by atoms with van der Waals surface area (Å²) in [7, 11) is 1.46. The van der Waals surface area contributed by atoms with E-state index >= 15 is 0 Å². The van der Waals surface area contributed by atoms with Crippen LogP contribution in [0.3, 0.4) is 0 Å². The maximum atomic E-state index is 13.4. The molecule has 2 fully saturated rings. The number of Topliss-reactive ketones (excluding diaryl/α,β-unsaturated/α-hetero) is 2. The fraction of sp³-hybridized carbons (Fsp3) is 0.667. The van der Waals surface area contributed by atoms with Crippen LogP contribution in [0.15, 0.2) is 23.2 Å². The molecular formula is C21H26O6. The third kappa shape index (κ3) is 1.99. The highest BCUT2D eigenvalue weighted by Gasteiger charge is 2.71. The Morgan fingerprint density at radius 2 is 1.93 bits per heavy atom. The molecule has 0 unspecified atom stereocenters. The van der Waals surface area contributed by atoms with E-state index in [2.05, 4.69) is 0 Å². The normalized spacial score (nSPS) is 46.3. The van der Waals surface area contributed by atoms with E-state index in [-0.39, 0.29) is 47.4 Å². The van der Waals surface area contributed by atoms with E-state index in [9.17, 15) is 19.5 Å². The lowest BCUT2D eigenvalue weighted by molar-refractivity contribution is -0.216. The molecule has 0 spiro atoms. The summed E-state index contributed by atoms with van der Waals surface area (Å²) in [5.41, 5.74) is -1.21. The molecule has 1 heterocycles. The summed E-state index contributed by atoms with van der Waals surface area (Å²) in [5.74, 6) is -2.23. The number of esters is 1. The van der Waals surface area contributed by atoms with Gasteiger partial charge in [0.25, 0.3) is 0 Å². The van der Waals surface area contributed by atoms with Gasteiger partial charge >= 0.3 is 5.97 Å². The zero-order valence-corrected chi connectivity index (χ0v) is 16.4. The quantitative estimate of drug-likeness (QED) is 0.710. The minimum Gasteiger partial charge on any atom is -0.504 e. The van der Waals surface area contributed by atoms with Crippen LogP contribution in [-0.4, -0.2) is 35.9 Å². The number of rotatable bonds is 1. The number of ether oxygens (including phenoxy) is 2. The Labute approximate surface area is 158 Å². The van der Waals surface area contributed by atoms with E-state index in [0.717, 1.165) is 0 Å². The first-order valence-corrected chi connectivity index (χ1v) is 9.52. The van der Waals surface area contributed by atoms with Crippen LogP contribution in [0.25, 0.3) is 0 Å². The molecule has 0 amide bonds. The third-order valence-electron chi connectivity index (χ3n) is 7.92. The van der Waals surface area contributed by atoms with E-state index in [0.29, 0.717) is 12.0 Å². The van der Waals surface area contributed by atoms with Gasteiger partial charge in [-0.1, -0.05) is 20.8 Å². The fourth-order valence-corrected chi connectivity index (χ4v) is 6.56. The number of carbonyl (C=O) groups excluding carboxylic acids is 3. The van der Waals surface area contributed by atoms with Crippen molar-refractivity contribution in [1.29, 1.82) is 0 Å². The number of carbonyl (C=O) groups is 3. The number of hydrogen-bond donors (Lipinski definition) is 1. The molecule has 1 N–H and O–H groups in total. The van der Waals surface area contributed by atoms with Gasteiger partial charge in [0, 0.05) is 22.7 Å². The van der Waals surface area contributed by atoms with Crippen LogP contribution in [0, 0.1) is 34.5 Å². The highest BCUT2D eigenvalue weighted by atomic mass is 16.5. The van der Waals surface area contributed by atoms with Crippen molar-refractivity contribution in [3.05, 3.63) is 23.2 Å². The monoisotopic (exact) mass is 374 g/mol. The van der Waals surface area contributed by atoms with Crippen LogP contribution in [-0.2, 0) is 23.9 Å². The van der Waals surface area contributed by atoms with Crippen molar-refractivity contribution in [1.82, 2.24) is 0 Å². The molecule has 0 radical (unpaired) electrons. The van der Waals surface area contributed by atoms with Gasteiger partial charge in [0.05, 0.1) is 13.5 Å². The number of hydrogen-bond acceptors (Lipinski definition) is 6. The lowest BCUT2D eigenvalue weighted by Gasteiger charge is -2.63. The van der Waals surface area contributed by atoms with E-state index in [4.69, 9.17) is 9.47 Å². The van der Waals surface area contributed by atoms with Crippen LogP contribution in [0.2, 0.25) is 0 Å². The number of aliphatic hydroxyl groups excluding tert-OH is 1. The van der Waals surface area contributed by atoms with Crippen LogP contribution in [0.4, 0.5) is 0 Å². The topological polar surface area (TPSA) is 89.9 Å². The van der Waals surface area contributed by atoms with Gasteiger partial charge in [0.2, 0.25) is 11.6 Å². The van der Waals surface area contributed by atoms with Gasteiger partial charge in [-0.2, -0.15) is 0 Å². The summed E-state index contributed by atoms with van der Waals surface area (Å²) >= 11 is 0. The van der Waals surface area contributed by atoms with Gasteiger partial charge in [-0.05, 0) is 36.8 Å². The van der Waals surface area contributed by atoms with Crippen molar-refractivity contribution in [3.63, 3.8) is 0 Å². The third-order valence-corrected chi connectivity index (χ3v) is 7.92. The van der Waals surface area contributed by atoms with Crippen LogP contribution >= 0.6 is 0 Å². The molecule has 1 saturated carbocycles. The second-order valence-corrected chi connectivity index (χ2v) is 8.98. The molecule has 4 rings (SSSR count). The first-order valence-electron chi connectivity index (χ1n) is 9.52. The molecule has 27 heavy (non-hydrogen) atoms. The lowest BCUT2D eigenvalue weighted by Crippen LogP contribution is -2.69. The van der Waals surface area contributed by atoms with Crippen molar-refractivity contribution in [2.75, 3.05) is 7.11 Å². The number of fused-ring (bicyclic) bond motifs is 2. The highest BCUT2D eigenvalue weighted by Crippen LogP contribution is 2.66. The van der Waals surface area contributed by atoms with Gasteiger partial charge in [-0.3, -0.25) is 14.4 Å². The average Bonchev–Trinajstić information content (AvgIpc) is 2.61. The lowest BCUT2D eigenvalue weighted by atomic mass is 9.40. The summed E-state index contributed by atoms with van der Waals surface area (Å²) in [6.45, 7) is 7.47. The molecule has 0 bridgehead atoms. The van der Waals surface area contributed by atoms with E-state index in [1.165, 1.54) is 7.11 Å². The van der Waals surface area contributed by atoms with Gasteiger partial charge in [0.15, 0.2) is 11.5 Å². The molecule has 146 valence electrons. The second kappa shape index (κ2) is 5.46. The molecular weight excluding hydrogens is 348 g/mol. The maximum absolute atomic E-state index is 13.4. The summed E-state index contributed by atoms with van der Waals surface area (Å²) in [5, 5.41) is 10.6. The zero-order valence-electron chi connectivity index (χ0n) is 16.4. The molecule has 0 aromatic carbocycles. The number of aliphatic hydroxyl groups is 1. The van der Waals surface area contributed by atoms with Crippen LogP contribution in [0.1, 0.15) is 40.5 Å². The highest BCUT2D eigenvalue weighted by molar-refractivity contribution is 6.07. The number of ketones is 2. The molecule has 1 aliphatic heterocycles. The average molecular weight is 374 g/mol. The summed E-state index contributed by atoms with van der Waals surface area (Å²) in [6.07, 6.45) is 1.98. The van der Waals surface area contributed by atoms with E-state index < -0.39 is 28.6 Å². The Morgan fingerprint density at radius 1 is 1.26 bits per heavy atom. The van der Waals surface area contributed by atoms with Gasteiger partial charge < -0.3 is 14.6 Å². The first kappa shape index (κ1) is 18.3. The Balaban J connectivity index is 1.98. The predicted octanol–water partition coefficient (Wildman–Crippen LogP) is 2.73.